The SMILES string of the molecule is CCCCOc1cccc(C(=O)Nc2ccc(NC(=O)c3ccccc3Cl)c(OC)c2)c1. The Kier molecular flexibility index (Phi) is 8.11. The zero-order valence-electron chi connectivity index (χ0n) is 18.0. The molecule has 6 nitrogen and oxygen atoms in total. The number of benzene rings is 3. The van der Waals surface area contributed by atoms with Gasteiger partial charge in [-0.3, -0.25) is 9.59 Å². The predicted molar refractivity (Wildman–Crippen MR) is 127 cm³/mol. The molecule has 0 heterocycles. The van der Waals surface area contributed by atoms with Crippen LogP contribution in [0.5, 0.6) is 11.5 Å². The lowest BCUT2D eigenvalue weighted by molar-refractivity contribution is 0.101. The van der Waals surface area contributed by atoms with Gasteiger partial charge in [-0.25, -0.2) is 0 Å². The van der Waals surface area contributed by atoms with E-state index in [-0.39, 0.29) is 11.8 Å². The Morgan fingerprint density at radius 1 is 0.938 bits per heavy atom. The van der Waals surface area contributed by atoms with Crippen LogP contribution >= 0.6 is 11.6 Å². The Labute approximate surface area is 192 Å². The van der Waals surface area contributed by atoms with Gasteiger partial charge in [0.25, 0.3) is 11.8 Å². The molecule has 0 aliphatic heterocycles. The number of methoxy groups -OCH3 is 1. The molecule has 0 aromatic heterocycles. The van der Waals surface area contributed by atoms with Crippen molar-refractivity contribution in [1.82, 2.24) is 0 Å². The van der Waals surface area contributed by atoms with Crippen LogP contribution < -0.4 is 20.1 Å². The average Bonchev–Trinajstić information content (AvgIpc) is 2.80. The Hall–Kier alpha value is -3.51. The summed E-state index contributed by atoms with van der Waals surface area (Å²) in [5, 5.41) is 5.98. The second-order valence-electron chi connectivity index (χ2n) is 7.03. The van der Waals surface area contributed by atoms with Crippen LogP contribution in [-0.2, 0) is 0 Å². The molecule has 7 heteroatoms. The summed E-state index contributed by atoms with van der Waals surface area (Å²) in [6, 6.07) is 18.8. The van der Waals surface area contributed by atoms with Crippen molar-refractivity contribution in [2.45, 2.75) is 19.8 Å². The third-order valence-corrected chi connectivity index (χ3v) is 5.02. The summed E-state index contributed by atoms with van der Waals surface area (Å²) >= 11 is 6.10. The maximum atomic E-state index is 12.7. The Balaban J connectivity index is 1.70. The molecule has 3 rings (SSSR count). The van der Waals surface area contributed by atoms with Crippen molar-refractivity contribution in [2.24, 2.45) is 0 Å². The van der Waals surface area contributed by atoms with Gasteiger partial charge in [0, 0.05) is 17.3 Å². The largest absolute Gasteiger partial charge is 0.494 e. The van der Waals surface area contributed by atoms with E-state index >= 15 is 0 Å². The Bertz CT molecular complexity index is 1100. The van der Waals surface area contributed by atoms with Gasteiger partial charge in [0.15, 0.2) is 0 Å². The van der Waals surface area contributed by atoms with Crippen LogP contribution in [0.2, 0.25) is 5.02 Å². The average molecular weight is 453 g/mol. The van der Waals surface area contributed by atoms with Crippen LogP contribution in [0.4, 0.5) is 11.4 Å². The van der Waals surface area contributed by atoms with Crippen molar-refractivity contribution in [3.8, 4) is 11.5 Å². The summed E-state index contributed by atoms with van der Waals surface area (Å²) in [5.74, 6) is 0.424. The molecular weight excluding hydrogens is 428 g/mol. The van der Waals surface area contributed by atoms with Crippen LogP contribution in [0.1, 0.15) is 40.5 Å². The number of halogens is 1. The number of unbranched alkanes of at least 4 members (excludes halogenated alkanes) is 1. The van der Waals surface area contributed by atoms with Crippen molar-refractivity contribution in [1.29, 1.82) is 0 Å². The van der Waals surface area contributed by atoms with E-state index in [0.29, 0.717) is 45.6 Å². The van der Waals surface area contributed by atoms with Crippen LogP contribution in [0, 0.1) is 0 Å². The lowest BCUT2D eigenvalue weighted by Gasteiger charge is -2.13. The quantitative estimate of drug-likeness (QED) is 0.388. The van der Waals surface area contributed by atoms with E-state index in [1.807, 2.05) is 6.07 Å². The molecule has 0 saturated carbocycles. The smallest absolute Gasteiger partial charge is 0.257 e. The van der Waals surface area contributed by atoms with Crippen LogP contribution in [-0.4, -0.2) is 25.5 Å². The van der Waals surface area contributed by atoms with E-state index in [1.165, 1.54) is 7.11 Å². The maximum absolute atomic E-state index is 12.7. The Morgan fingerprint density at radius 2 is 1.75 bits per heavy atom. The zero-order valence-corrected chi connectivity index (χ0v) is 18.7. The maximum Gasteiger partial charge on any atom is 0.257 e. The highest BCUT2D eigenvalue weighted by Crippen LogP contribution is 2.29. The first-order valence-corrected chi connectivity index (χ1v) is 10.7. The standard InChI is InChI=1S/C25H25ClN2O4/c1-3-4-14-32-19-9-7-8-17(15-19)24(29)27-18-12-13-22(23(16-18)31-2)28-25(30)20-10-5-6-11-21(20)26/h5-13,15-16H,3-4,14H2,1-2H3,(H,27,29)(H,28,30). The van der Waals surface area contributed by atoms with Gasteiger partial charge in [0.1, 0.15) is 11.5 Å². The van der Waals surface area contributed by atoms with E-state index in [9.17, 15) is 9.59 Å². The van der Waals surface area contributed by atoms with Gasteiger partial charge < -0.3 is 20.1 Å². The summed E-state index contributed by atoms with van der Waals surface area (Å²) in [7, 11) is 1.49. The molecule has 0 aliphatic carbocycles. The summed E-state index contributed by atoms with van der Waals surface area (Å²) < 4.78 is 11.1. The summed E-state index contributed by atoms with van der Waals surface area (Å²) in [6.45, 7) is 2.70. The number of rotatable bonds is 9. The first-order chi connectivity index (χ1) is 15.5. The van der Waals surface area contributed by atoms with Gasteiger partial charge in [-0.15, -0.1) is 0 Å². The Morgan fingerprint density at radius 3 is 2.50 bits per heavy atom. The van der Waals surface area contributed by atoms with Gasteiger partial charge >= 0.3 is 0 Å². The van der Waals surface area contributed by atoms with Crippen molar-refractivity contribution in [3.05, 3.63) is 82.9 Å². The second kappa shape index (κ2) is 11.2. The number of carbonyl (C=O) groups is 2. The number of amides is 2. The molecule has 0 saturated heterocycles. The van der Waals surface area contributed by atoms with Crippen LogP contribution in [0.25, 0.3) is 0 Å². The van der Waals surface area contributed by atoms with Gasteiger partial charge in [-0.1, -0.05) is 43.1 Å². The lowest BCUT2D eigenvalue weighted by atomic mass is 10.1. The molecule has 3 aromatic carbocycles. The van der Waals surface area contributed by atoms with E-state index in [4.69, 9.17) is 21.1 Å². The topological polar surface area (TPSA) is 76.7 Å². The molecular formula is C25H25ClN2O4. The molecule has 0 radical (unpaired) electrons. The second-order valence-corrected chi connectivity index (χ2v) is 7.44. The highest BCUT2D eigenvalue weighted by atomic mass is 35.5. The molecule has 2 amide bonds. The molecule has 0 bridgehead atoms. The minimum absolute atomic E-state index is 0.277. The van der Waals surface area contributed by atoms with Gasteiger partial charge in [-0.05, 0) is 48.9 Å². The number of ether oxygens (including phenoxy) is 2. The zero-order chi connectivity index (χ0) is 22.9. The summed E-state index contributed by atoms with van der Waals surface area (Å²) in [4.78, 5) is 25.2. The monoisotopic (exact) mass is 452 g/mol. The number of nitrogens with one attached hydrogen (secondary N) is 2. The molecule has 0 aliphatic rings. The summed E-state index contributed by atoms with van der Waals surface area (Å²) in [6.07, 6.45) is 1.99. The van der Waals surface area contributed by atoms with E-state index in [1.54, 1.807) is 60.7 Å². The van der Waals surface area contributed by atoms with Crippen molar-refractivity contribution in [2.75, 3.05) is 24.4 Å². The van der Waals surface area contributed by atoms with E-state index < -0.39 is 0 Å². The normalized spacial score (nSPS) is 10.3. The molecule has 166 valence electrons. The molecule has 32 heavy (non-hydrogen) atoms. The van der Waals surface area contributed by atoms with Crippen LogP contribution in [0.15, 0.2) is 66.7 Å². The number of carbonyl (C=O) groups excluding carboxylic acids is 2. The van der Waals surface area contributed by atoms with E-state index in [0.717, 1.165) is 12.8 Å². The van der Waals surface area contributed by atoms with Gasteiger partial charge in [0.05, 0.1) is 30.0 Å². The fourth-order valence-corrected chi connectivity index (χ4v) is 3.19. The highest BCUT2D eigenvalue weighted by molar-refractivity contribution is 6.34. The molecule has 0 fully saturated rings. The van der Waals surface area contributed by atoms with Gasteiger partial charge in [0.2, 0.25) is 0 Å². The third kappa shape index (κ3) is 6.02. The molecule has 3 aromatic rings. The fraction of sp³-hybridized carbons (Fsp3) is 0.200. The van der Waals surface area contributed by atoms with Crippen molar-refractivity contribution < 1.29 is 19.1 Å². The number of anilines is 2. The minimum atomic E-state index is -0.356. The van der Waals surface area contributed by atoms with E-state index in [2.05, 4.69) is 17.6 Å². The molecule has 0 atom stereocenters. The predicted octanol–water partition coefficient (Wildman–Crippen LogP) is 6.03. The number of hydrogen-bond acceptors (Lipinski definition) is 4. The molecule has 0 unspecified atom stereocenters. The summed E-state index contributed by atoms with van der Waals surface area (Å²) in [5.41, 5.74) is 1.82. The number of hydrogen-bond donors (Lipinski definition) is 2. The third-order valence-electron chi connectivity index (χ3n) is 4.69. The molecule has 2 N–H and O–H groups in total. The first-order valence-electron chi connectivity index (χ1n) is 10.3. The highest BCUT2D eigenvalue weighted by Gasteiger charge is 2.14. The fourth-order valence-electron chi connectivity index (χ4n) is 2.97. The van der Waals surface area contributed by atoms with Crippen molar-refractivity contribution >= 4 is 34.8 Å². The van der Waals surface area contributed by atoms with Gasteiger partial charge in [-0.2, -0.15) is 0 Å². The molecule has 0 spiro atoms. The lowest BCUT2D eigenvalue weighted by Crippen LogP contribution is -2.14. The first kappa shape index (κ1) is 23.2. The van der Waals surface area contributed by atoms with Crippen LogP contribution in [0.3, 0.4) is 0 Å². The van der Waals surface area contributed by atoms with Crippen molar-refractivity contribution in [3.63, 3.8) is 0 Å². The minimum Gasteiger partial charge on any atom is -0.494 e.